The van der Waals surface area contributed by atoms with Crippen molar-refractivity contribution < 1.29 is 9.84 Å². The van der Waals surface area contributed by atoms with Crippen LogP contribution in [0.25, 0.3) is 0 Å². The first kappa shape index (κ1) is 13.3. The molecule has 0 saturated heterocycles. The van der Waals surface area contributed by atoms with Crippen molar-refractivity contribution in [2.45, 2.75) is 6.92 Å². The lowest BCUT2D eigenvalue weighted by Crippen LogP contribution is -1.88. The summed E-state index contributed by atoms with van der Waals surface area (Å²) < 4.78 is 5.74. The SMILES string of the molecule is COc1cccc(C=Nc2c[nH]c(=S)c(C)c2)c1O. The number of hydrogen-bond donors (Lipinski definition) is 2. The maximum atomic E-state index is 9.92. The number of nitrogens with one attached hydrogen (secondary N) is 1. The maximum absolute atomic E-state index is 9.92. The average Bonchev–Trinajstić information content (AvgIpc) is 2.41. The highest BCUT2D eigenvalue weighted by atomic mass is 32.1. The molecule has 1 heterocycles. The molecule has 1 aromatic carbocycles. The van der Waals surface area contributed by atoms with E-state index in [0.717, 1.165) is 11.3 Å². The molecule has 5 heteroatoms. The van der Waals surface area contributed by atoms with Crippen molar-refractivity contribution in [3.8, 4) is 11.5 Å². The van der Waals surface area contributed by atoms with Gasteiger partial charge in [0.15, 0.2) is 11.5 Å². The Kier molecular flexibility index (Phi) is 3.97. The van der Waals surface area contributed by atoms with Crippen LogP contribution in [0, 0.1) is 11.6 Å². The van der Waals surface area contributed by atoms with E-state index < -0.39 is 0 Å². The number of phenols is 1. The van der Waals surface area contributed by atoms with E-state index in [0.29, 0.717) is 16.0 Å². The second-order valence-corrected chi connectivity index (χ2v) is 4.43. The monoisotopic (exact) mass is 274 g/mol. The third kappa shape index (κ3) is 3.00. The van der Waals surface area contributed by atoms with Crippen LogP contribution in [-0.2, 0) is 0 Å². The summed E-state index contributed by atoms with van der Waals surface area (Å²) in [5.41, 5.74) is 2.30. The van der Waals surface area contributed by atoms with Crippen LogP contribution in [0.2, 0.25) is 0 Å². The lowest BCUT2D eigenvalue weighted by atomic mass is 10.2. The van der Waals surface area contributed by atoms with Crippen molar-refractivity contribution >= 4 is 24.1 Å². The van der Waals surface area contributed by atoms with Crippen molar-refractivity contribution in [1.29, 1.82) is 0 Å². The number of nitrogens with zero attached hydrogens (tertiary/aromatic N) is 1. The van der Waals surface area contributed by atoms with Gasteiger partial charge in [-0.3, -0.25) is 4.99 Å². The van der Waals surface area contributed by atoms with E-state index >= 15 is 0 Å². The number of pyridine rings is 1. The Bertz CT molecular complexity index is 677. The second kappa shape index (κ2) is 5.67. The predicted molar refractivity (Wildman–Crippen MR) is 78.3 cm³/mol. The Morgan fingerprint density at radius 2 is 2.21 bits per heavy atom. The van der Waals surface area contributed by atoms with E-state index in [2.05, 4.69) is 9.98 Å². The zero-order chi connectivity index (χ0) is 13.8. The number of aromatic nitrogens is 1. The number of aromatic hydroxyl groups is 1. The molecule has 2 rings (SSSR count). The van der Waals surface area contributed by atoms with E-state index in [1.165, 1.54) is 7.11 Å². The fourth-order valence-electron chi connectivity index (χ4n) is 1.61. The van der Waals surface area contributed by atoms with E-state index in [1.807, 2.05) is 13.0 Å². The van der Waals surface area contributed by atoms with Crippen LogP contribution < -0.4 is 4.74 Å². The summed E-state index contributed by atoms with van der Waals surface area (Å²) in [6.07, 6.45) is 3.31. The van der Waals surface area contributed by atoms with Crippen LogP contribution in [0.1, 0.15) is 11.1 Å². The molecule has 2 N–H and O–H groups in total. The highest BCUT2D eigenvalue weighted by molar-refractivity contribution is 7.71. The molecule has 0 aliphatic carbocycles. The van der Waals surface area contributed by atoms with Crippen molar-refractivity contribution in [3.05, 3.63) is 46.2 Å². The van der Waals surface area contributed by atoms with Crippen LogP contribution in [0.4, 0.5) is 5.69 Å². The van der Waals surface area contributed by atoms with Crippen molar-refractivity contribution in [2.75, 3.05) is 7.11 Å². The second-order valence-electron chi connectivity index (χ2n) is 4.03. The van der Waals surface area contributed by atoms with E-state index in [1.54, 1.807) is 30.6 Å². The molecular weight excluding hydrogens is 260 g/mol. The fourth-order valence-corrected chi connectivity index (χ4v) is 1.73. The standard InChI is InChI=1S/C14H14N2O2S/c1-9-6-11(8-16-14(9)19)15-7-10-4-3-5-12(18-2)13(10)17/h3-8,17H,1-2H3,(H,16,19). The molecular formula is C14H14N2O2S. The minimum atomic E-state index is 0.0781. The molecule has 0 unspecified atom stereocenters. The molecule has 1 aromatic heterocycles. The fraction of sp³-hybridized carbons (Fsp3) is 0.143. The third-order valence-corrected chi connectivity index (χ3v) is 3.12. The number of methoxy groups -OCH3 is 1. The van der Waals surface area contributed by atoms with Gasteiger partial charge < -0.3 is 14.8 Å². The van der Waals surface area contributed by atoms with Crippen LogP contribution in [-0.4, -0.2) is 23.4 Å². The highest BCUT2D eigenvalue weighted by Crippen LogP contribution is 2.28. The largest absolute Gasteiger partial charge is 0.504 e. The molecule has 19 heavy (non-hydrogen) atoms. The lowest BCUT2D eigenvalue weighted by molar-refractivity contribution is 0.373. The number of aryl methyl sites for hydroxylation is 1. The number of ether oxygens (including phenoxy) is 1. The molecule has 0 radical (unpaired) electrons. The molecule has 0 bridgehead atoms. The minimum Gasteiger partial charge on any atom is -0.504 e. The summed E-state index contributed by atoms with van der Waals surface area (Å²) >= 11 is 5.08. The molecule has 98 valence electrons. The van der Waals surface area contributed by atoms with Gasteiger partial charge in [0.1, 0.15) is 4.64 Å². The topological polar surface area (TPSA) is 57.6 Å². The number of para-hydroxylation sites is 1. The molecule has 0 amide bonds. The van der Waals surface area contributed by atoms with Gasteiger partial charge in [0.05, 0.1) is 12.8 Å². The van der Waals surface area contributed by atoms with Crippen LogP contribution in [0.15, 0.2) is 35.5 Å². The van der Waals surface area contributed by atoms with Gasteiger partial charge in [-0.05, 0) is 30.7 Å². The zero-order valence-corrected chi connectivity index (χ0v) is 11.5. The molecule has 2 aromatic rings. The van der Waals surface area contributed by atoms with Gasteiger partial charge in [-0.15, -0.1) is 0 Å². The Balaban J connectivity index is 2.32. The van der Waals surface area contributed by atoms with E-state index in [-0.39, 0.29) is 5.75 Å². The Labute approximate surface area is 116 Å². The first-order chi connectivity index (χ1) is 9.11. The highest BCUT2D eigenvalue weighted by Gasteiger charge is 2.04. The Morgan fingerprint density at radius 1 is 1.42 bits per heavy atom. The summed E-state index contributed by atoms with van der Waals surface area (Å²) in [6, 6.07) is 7.13. The van der Waals surface area contributed by atoms with Gasteiger partial charge in [-0.25, -0.2) is 0 Å². The Morgan fingerprint density at radius 3 is 2.89 bits per heavy atom. The molecule has 0 aliphatic heterocycles. The number of H-pyrrole nitrogens is 1. The molecule has 0 fully saturated rings. The van der Waals surface area contributed by atoms with Crippen molar-refractivity contribution in [3.63, 3.8) is 0 Å². The molecule has 4 nitrogen and oxygen atoms in total. The molecule has 0 saturated carbocycles. The maximum Gasteiger partial charge on any atom is 0.166 e. The summed E-state index contributed by atoms with van der Waals surface area (Å²) in [6.45, 7) is 1.92. The van der Waals surface area contributed by atoms with Gasteiger partial charge in [-0.2, -0.15) is 0 Å². The van der Waals surface area contributed by atoms with Gasteiger partial charge in [0, 0.05) is 18.0 Å². The van der Waals surface area contributed by atoms with Crippen molar-refractivity contribution in [2.24, 2.45) is 4.99 Å². The molecule has 0 aliphatic rings. The number of aromatic amines is 1. The average molecular weight is 274 g/mol. The molecule has 0 atom stereocenters. The lowest BCUT2D eigenvalue weighted by Gasteiger charge is -2.04. The Hall–Kier alpha value is -2.14. The zero-order valence-electron chi connectivity index (χ0n) is 10.7. The van der Waals surface area contributed by atoms with Gasteiger partial charge in [-0.1, -0.05) is 18.3 Å². The summed E-state index contributed by atoms with van der Waals surface area (Å²) in [7, 11) is 1.51. The summed E-state index contributed by atoms with van der Waals surface area (Å²) in [4.78, 5) is 7.25. The first-order valence-electron chi connectivity index (χ1n) is 5.71. The third-order valence-electron chi connectivity index (χ3n) is 2.68. The number of rotatable bonds is 3. The number of benzene rings is 1. The van der Waals surface area contributed by atoms with Crippen LogP contribution in [0.5, 0.6) is 11.5 Å². The van der Waals surface area contributed by atoms with Gasteiger partial charge in [0.25, 0.3) is 0 Å². The quantitative estimate of drug-likeness (QED) is 0.665. The first-order valence-corrected chi connectivity index (χ1v) is 6.12. The predicted octanol–water partition coefficient (Wildman–Crippen LogP) is 3.52. The summed E-state index contributed by atoms with van der Waals surface area (Å²) in [5.74, 6) is 0.502. The van der Waals surface area contributed by atoms with E-state index in [9.17, 15) is 5.11 Å². The number of aliphatic imine (C=N–C) groups is 1. The van der Waals surface area contributed by atoms with Gasteiger partial charge >= 0.3 is 0 Å². The van der Waals surface area contributed by atoms with Crippen LogP contribution in [0.3, 0.4) is 0 Å². The number of phenolic OH excluding ortho intramolecular Hbond substituents is 1. The number of hydrogen-bond acceptors (Lipinski definition) is 4. The van der Waals surface area contributed by atoms with Crippen LogP contribution >= 0.6 is 12.2 Å². The van der Waals surface area contributed by atoms with E-state index in [4.69, 9.17) is 17.0 Å². The minimum absolute atomic E-state index is 0.0781. The van der Waals surface area contributed by atoms with Gasteiger partial charge in [0.2, 0.25) is 0 Å². The summed E-state index contributed by atoms with van der Waals surface area (Å²) in [5, 5.41) is 9.92. The smallest absolute Gasteiger partial charge is 0.166 e. The normalized spacial score (nSPS) is 10.8. The van der Waals surface area contributed by atoms with Crippen molar-refractivity contribution in [1.82, 2.24) is 4.98 Å². The molecule has 0 spiro atoms.